The minimum absolute atomic E-state index is 0.0491. The average Bonchev–Trinajstić information content (AvgIpc) is 2.49. The van der Waals surface area contributed by atoms with Gasteiger partial charge >= 0.3 is 0 Å². The van der Waals surface area contributed by atoms with E-state index in [4.69, 9.17) is 0 Å². The number of aromatic nitrogens is 1. The minimum atomic E-state index is -0.287. The first kappa shape index (κ1) is 14.2. The van der Waals surface area contributed by atoms with Crippen LogP contribution in [-0.2, 0) is 4.79 Å². The number of hydrogen-bond donors (Lipinski definition) is 2. The van der Waals surface area contributed by atoms with E-state index in [1.54, 1.807) is 12.4 Å². The lowest BCUT2D eigenvalue weighted by Crippen LogP contribution is -2.39. The summed E-state index contributed by atoms with van der Waals surface area (Å²) in [5.74, 6) is -0.0491. The average molecular weight is 269 g/mol. The lowest BCUT2D eigenvalue weighted by atomic mass is 10.1. The molecule has 0 saturated carbocycles. The minimum Gasteiger partial charge on any atom is -0.325 e. The maximum atomic E-state index is 12.1. The van der Waals surface area contributed by atoms with Gasteiger partial charge in [-0.05, 0) is 37.6 Å². The van der Waals surface area contributed by atoms with Gasteiger partial charge in [0.05, 0.1) is 6.04 Å². The maximum absolute atomic E-state index is 12.1. The van der Waals surface area contributed by atoms with Crippen molar-refractivity contribution < 1.29 is 4.79 Å². The zero-order chi connectivity index (χ0) is 14.4. The Hall–Kier alpha value is -2.20. The summed E-state index contributed by atoms with van der Waals surface area (Å²) in [5.41, 5.74) is 1.87. The van der Waals surface area contributed by atoms with Gasteiger partial charge in [-0.25, -0.2) is 0 Å². The number of para-hydroxylation sites is 1. The Morgan fingerprint density at radius 2 is 1.85 bits per heavy atom. The maximum Gasteiger partial charge on any atom is 0.241 e. The highest BCUT2D eigenvalue weighted by Gasteiger charge is 2.16. The summed E-state index contributed by atoms with van der Waals surface area (Å²) in [6, 6.07) is 13.1. The van der Waals surface area contributed by atoms with Crippen LogP contribution < -0.4 is 10.6 Å². The Morgan fingerprint density at radius 1 is 1.10 bits per heavy atom. The summed E-state index contributed by atoms with van der Waals surface area (Å²) in [6.07, 6.45) is 3.54. The van der Waals surface area contributed by atoms with E-state index in [0.717, 1.165) is 11.3 Å². The molecule has 1 unspecified atom stereocenters. The van der Waals surface area contributed by atoms with Gasteiger partial charge in [-0.2, -0.15) is 0 Å². The van der Waals surface area contributed by atoms with E-state index < -0.39 is 0 Å². The molecule has 0 spiro atoms. The summed E-state index contributed by atoms with van der Waals surface area (Å²) in [7, 11) is 0. The second kappa shape index (κ2) is 6.82. The molecule has 0 aliphatic heterocycles. The molecule has 2 rings (SSSR count). The molecule has 0 aliphatic carbocycles. The molecule has 2 N–H and O–H groups in total. The lowest BCUT2D eigenvalue weighted by molar-refractivity contribution is -0.117. The van der Waals surface area contributed by atoms with Crippen LogP contribution in [0.25, 0.3) is 0 Å². The van der Waals surface area contributed by atoms with Crippen molar-refractivity contribution in [2.75, 3.05) is 5.32 Å². The highest BCUT2D eigenvalue weighted by atomic mass is 16.2. The van der Waals surface area contributed by atoms with E-state index >= 15 is 0 Å². The van der Waals surface area contributed by atoms with Crippen molar-refractivity contribution in [2.24, 2.45) is 0 Å². The zero-order valence-corrected chi connectivity index (χ0v) is 11.7. The molecule has 0 bridgehead atoms. The first-order valence-electron chi connectivity index (χ1n) is 6.68. The predicted octanol–water partition coefficient (Wildman–Crippen LogP) is 2.76. The van der Waals surface area contributed by atoms with Gasteiger partial charge in [-0.1, -0.05) is 24.3 Å². The molecular formula is C16H19N3O. The van der Waals surface area contributed by atoms with Gasteiger partial charge in [-0.15, -0.1) is 0 Å². The van der Waals surface area contributed by atoms with Crippen molar-refractivity contribution in [3.63, 3.8) is 0 Å². The number of nitrogens with zero attached hydrogens (tertiary/aromatic N) is 1. The number of carbonyl (C=O) groups is 1. The Morgan fingerprint density at radius 3 is 2.50 bits per heavy atom. The fourth-order valence-electron chi connectivity index (χ4n) is 1.95. The van der Waals surface area contributed by atoms with Crippen molar-refractivity contribution in [1.82, 2.24) is 10.3 Å². The molecule has 0 fully saturated rings. The summed E-state index contributed by atoms with van der Waals surface area (Å²) in [6.45, 7) is 3.87. The molecule has 1 heterocycles. The summed E-state index contributed by atoms with van der Waals surface area (Å²) < 4.78 is 0. The molecule has 1 amide bonds. The van der Waals surface area contributed by atoms with Crippen LogP contribution in [0.15, 0.2) is 54.9 Å². The number of benzene rings is 1. The number of anilines is 1. The van der Waals surface area contributed by atoms with Crippen molar-refractivity contribution in [3.8, 4) is 0 Å². The van der Waals surface area contributed by atoms with E-state index in [0.29, 0.717) is 0 Å². The monoisotopic (exact) mass is 269 g/mol. The fourth-order valence-corrected chi connectivity index (χ4v) is 1.95. The normalized spacial score (nSPS) is 13.5. The number of nitrogens with one attached hydrogen (secondary N) is 2. The van der Waals surface area contributed by atoms with Crippen LogP contribution in [0.1, 0.15) is 25.5 Å². The molecule has 2 aromatic rings. The molecule has 4 nitrogen and oxygen atoms in total. The summed E-state index contributed by atoms with van der Waals surface area (Å²) in [4.78, 5) is 16.2. The van der Waals surface area contributed by atoms with Crippen molar-refractivity contribution in [2.45, 2.75) is 25.9 Å². The molecule has 20 heavy (non-hydrogen) atoms. The van der Waals surface area contributed by atoms with E-state index in [9.17, 15) is 4.79 Å². The molecule has 0 radical (unpaired) electrons. The van der Waals surface area contributed by atoms with Crippen LogP contribution in [-0.4, -0.2) is 16.9 Å². The van der Waals surface area contributed by atoms with Gasteiger partial charge in [0.25, 0.3) is 0 Å². The number of rotatable bonds is 5. The zero-order valence-electron chi connectivity index (χ0n) is 11.7. The molecule has 104 valence electrons. The quantitative estimate of drug-likeness (QED) is 0.877. The Bertz CT molecular complexity index is 542. The van der Waals surface area contributed by atoms with E-state index in [-0.39, 0.29) is 18.0 Å². The molecule has 1 aromatic carbocycles. The summed E-state index contributed by atoms with van der Waals surface area (Å²) in [5, 5.41) is 6.15. The van der Waals surface area contributed by atoms with Crippen molar-refractivity contribution in [1.29, 1.82) is 0 Å². The third-order valence-electron chi connectivity index (χ3n) is 3.12. The molecule has 0 saturated heterocycles. The molecular weight excluding hydrogens is 250 g/mol. The SMILES string of the molecule is CC(N[C@H](C)c1cccnc1)C(=O)Nc1ccccc1. The van der Waals surface area contributed by atoms with Gasteiger partial charge in [-0.3, -0.25) is 15.1 Å². The third kappa shape index (κ3) is 3.90. The molecule has 4 heteroatoms. The van der Waals surface area contributed by atoms with Crippen LogP contribution in [0, 0.1) is 0 Å². The van der Waals surface area contributed by atoms with Gasteiger partial charge in [0.1, 0.15) is 0 Å². The molecule has 2 atom stereocenters. The molecule has 1 aromatic heterocycles. The Kier molecular flexibility index (Phi) is 4.85. The van der Waals surface area contributed by atoms with Crippen LogP contribution in [0.3, 0.4) is 0 Å². The van der Waals surface area contributed by atoms with Crippen LogP contribution in [0.4, 0.5) is 5.69 Å². The van der Waals surface area contributed by atoms with E-state index in [1.165, 1.54) is 0 Å². The van der Waals surface area contributed by atoms with Crippen LogP contribution >= 0.6 is 0 Å². The van der Waals surface area contributed by atoms with Gasteiger partial charge in [0.2, 0.25) is 5.91 Å². The second-order valence-electron chi connectivity index (χ2n) is 4.75. The van der Waals surface area contributed by atoms with Crippen LogP contribution in [0.2, 0.25) is 0 Å². The van der Waals surface area contributed by atoms with Crippen molar-refractivity contribution >= 4 is 11.6 Å². The second-order valence-corrected chi connectivity index (χ2v) is 4.75. The number of hydrogen-bond acceptors (Lipinski definition) is 3. The lowest BCUT2D eigenvalue weighted by Gasteiger charge is -2.19. The topological polar surface area (TPSA) is 54.0 Å². The standard InChI is InChI=1S/C16H19N3O/c1-12(14-7-6-10-17-11-14)18-13(2)16(20)19-15-8-4-3-5-9-15/h3-13,18H,1-2H3,(H,19,20)/t12-,13?/m1/s1. The first-order valence-corrected chi connectivity index (χ1v) is 6.68. The number of carbonyl (C=O) groups excluding carboxylic acids is 1. The smallest absolute Gasteiger partial charge is 0.241 e. The van der Waals surface area contributed by atoms with Gasteiger partial charge in [0, 0.05) is 24.1 Å². The van der Waals surface area contributed by atoms with Crippen LogP contribution in [0.5, 0.6) is 0 Å². The van der Waals surface area contributed by atoms with E-state index in [2.05, 4.69) is 15.6 Å². The predicted molar refractivity (Wildman–Crippen MR) is 80.3 cm³/mol. The Balaban J connectivity index is 1.91. The van der Waals surface area contributed by atoms with E-state index in [1.807, 2.05) is 56.3 Å². The largest absolute Gasteiger partial charge is 0.325 e. The van der Waals surface area contributed by atoms with Crippen molar-refractivity contribution in [3.05, 3.63) is 60.4 Å². The fraction of sp³-hybridized carbons (Fsp3) is 0.250. The number of amides is 1. The first-order chi connectivity index (χ1) is 9.66. The summed E-state index contributed by atoms with van der Waals surface area (Å²) >= 11 is 0. The van der Waals surface area contributed by atoms with Gasteiger partial charge < -0.3 is 5.32 Å². The Labute approximate surface area is 119 Å². The highest BCUT2D eigenvalue weighted by Crippen LogP contribution is 2.11. The highest BCUT2D eigenvalue weighted by molar-refractivity contribution is 5.94. The number of pyridine rings is 1. The van der Waals surface area contributed by atoms with Gasteiger partial charge in [0.15, 0.2) is 0 Å². The molecule has 0 aliphatic rings. The third-order valence-corrected chi connectivity index (χ3v) is 3.12.